The fourth-order valence-corrected chi connectivity index (χ4v) is 1.91. The Morgan fingerprint density at radius 1 is 1.29 bits per heavy atom. The van der Waals surface area contributed by atoms with E-state index < -0.39 is 0 Å². The molecule has 0 atom stereocenters. The summed E-state index contributed by atoms with van der Waals surface area (Å²) in [4.78, 5) is 11.8. The second kappa shape index (κ2) is 5.35. The molecule has 2 aromatic rings. The maximum atomic E-state index is 11.8. The highest BCUT2D eigenvalue weighted by molar-refractivity contribution is 14.1. The van der Waals surface area contributed by atoms with Crippen LogP contribution < -0.4 is 5.32 Å². The molecule has 0 aliphatic heterocycles. The molecule has 1 aromatic heterocycles. The first kappa shape index (κ1) is 12.2. The van der Waals surface area contributed by atoms with E-state index in [9.17, 15) is 4.79 Å². The highest BCUT2D eigenvalue weighted by Crippen LogP contribution is 2.07. The predicted octanol–water partition coefficient (Wildman–Crippen LogP) is 2.56. The first-order valence-electron chi connectivity index (χ1n) is 5.31. The van der Waals surface area contributed by atoms with Crippen LogP contribution in [0.15, 0.2) is 42.6 Å². The van der Waals surface area contributed by atoms with Crippen molar-refractivity contribution in [1.29, 1.82) is 0 Å². The van der Waals surface area contributed by atoms with Crippen LogP contribution in [0, 0.1) is 3.57 Å². The monoisotopic (exact) mass is 340 g/mol. The van der Waals surface area contributed by atoms with Crippen molar-refractivity contribution in [3.8, 4) is 0 Å². The zero-order valence-electron chi connectivity index (χ0n) is 9.48. The van der Waals surface area contributed by atoms with Gasteiger partial charge in [0.05, 0.1) is 6.54 Å². The van der Waals surface area contributed by atoms with Crippen LogP contribution in [0.2, 0.25) is 0 Å². The summed E-state index contributed by atoms with van der Waals surface area (Å²) in [5.41, 5.74) is 1.78. The van der Waals surface area contributed by atoms with E-state index in [0.29, 0.717) is 12.1 Å². The Morgan fingerprint density at radius 3 is 2.59 bits per heavy atom. The van der Waals surface area contributed by atoms with Crippen LogP contribution in [0.25, 0.3) is 0 Å². The van der Waals surface area contributed by atoms with Gasteiger partial charge in [0.1, 0.15) is 0 Å². The van der Waals surface area contributed by atoms with E-state index in [0.717, 1.165) is 9.26 Å². The van der Waals surface area contributed by atoms with Gasteiger partial charge in [0, 0.05) is 28.1 Å². The molecule has 1 aromatic carbocycles. The summed E-state index contributed by atoms with van der Waals surface area (Å²) in [5, 5.41) is 2.90. The second-order valence-electron chi connectivity index (χ2n) is 3.80. The van der Waals surface area contributed by atoms with Crippen LogP contribution in [-0.2, 0) is 13.6 Å². The summed E-state index contributed by atoms with van der Waals surface area (Å²) in [7, 11) is 1.96. The topological polar surface area (TPSA) is 34.0 Å². The quantitative estimate of drug-likeness (QED) is 0.857. The molecule has 1 heterocycles. The summed E-state index contributed by atoms with van der Waals surface area (Å²) in [6.45, 7) is 0.550. The highest BCUT2D eigenvalue weighted by atomic mass is 127. The van der Waals surface area contributed by atoms with E-state index in [-0.39, 0.29) is 5.91 Å². The average molecular weight is 340 g/mol. The van der Waals surface area contributed by atoms with Gasteiger partial charge in [-0.1, -0.05) is 0 Å². The van der Waals surface area contributed by atoms with Crippen LogP contribution in [-0.4, -0.2) is 10.5 Å². The third-order valence-corrected chi connectivity index (χ3v) is 3.31. The molecule has 0 aliphatic carbocycles. The van der Waals surface area contributed by atoms with Gasteiger partial charge in [-0.15, -0.1) is 0 Å². The van der Waals surface area contributed by atoms with Gasteiger partial charge >= 0.3 is 0 Å². The number of carbonyl (C=O) groups is 1. The number of aryl methyl sites for hydroxylation is 1. The molecule has 1 amide bonds. The van der Waals surface area contributed by atoms with E-state index in [1.807, 2.05) is 54.2 Å². The minimum Gasteiger partial charge on any atom is -0.353 e. The molecule has 0 fully saturated rings. The first-order chi connectivity index (χ1) is 8.16. The molecule has 0 saturated heterocycles. The van der Waals surface area contributed by atoms with Gasteiger partial charge in [0.25, 0.3) is 5.91 Å². The number of rotatable bonds is 3. The third-order valence-electron chi connectivity index (χ3n) is 2.59. The maximum absolute atomic E-state index is 11.8. The number of halogens is 1. The Morgan fingerprint density at radius 2 is 2.00 bits per heavy atom. The lowest BCUT2D eigenvalue weighted by Crippen LogP contribution is -2.23. The zero-order chi connectivity index (χ0) is 12.3. The minimum absolute atomic E-state index is 0.0393. The number of benzene rings is 1. The highest BCUT2D eigenvalue weighted by Gasteiger charge is 2.05. The molecule has 1 N–H and O–H groups in total. The Bertz CT molecular complexity index is 516. The van der Waals surface area contributed by atoms with Gasteiger partial charge in [-0.2, -0.15) is 0 Å². The lowest BCUT2D eigenvalue weighted by molar-refractivity contribution is 0.0950. The molecular weight excluding hydrogens is 327 g/mol. The summed E-state index contributed by atoms with van der Waals surface area (Å²) < 4.78 is 3.12. The van der Waals surface area contributed by atoms with Crippen LogP contribution in [0.4, 0.5) is 0 Å². The van der Waals surface area contributed by atoms with E-state index in [1.54, 1.807) is 0 Å². The van der Waals surface area contributed by atoms with Gasteiger partial charge in [-0.25, -0.2) is 0 Å². The number of hydrogen-bond acceptors (Lipinski definition) is 1. The van der Waals surface area contributed by atoms with Crippen molar-refractivity contribution in [2.75, 3.05) is 0 Å². The fraction of sp³-hybridized carbons (Fsp3) is 0.154. The van der Waals surface area contributed by atoms with Gasteiger partial charge < -0.3 is 9.88 Å². The molecule has 88 valence electrons. The van der Waals surface area contributed by atoms with Crippen LogP contribution in [0.5, 0.6) is 0 Å². The van der Waals surface area contributed by atoms with Crippen LogP contribution in [0.3, 0.4) is 0 Å². The lowest BCUT2D eigenvalue weighted by Gasteiger charge is -2.06. The molecule has 4 heteroatoms. The first-order valence-corrected chi connectivity index (χ1v) is 6.38. The predicted molar refractivity (Wildman–Crippen MR) is 75.7 cm³/mol. The molecule has 17 heavy (non-hydrogen) atoms. The molecule has 3 nitrogen and oxygen atoms in total. The van der Waals surface area contributed by atoms with Crippen LogP contribution >= 0.6 is 22.6 Å². The number of aromatic nitrogens is 1. The third kappa shape index (κ3) is 3.09. The van der Waals surface area contributed by atoms with Crippen molar-refractivity contribution in [2.24, 2.45) is 7.05 Å². The summed E-state index contributed by atoms with van der Waals surface area (Å²) in [6.07, 6.45) is 1.96. The Hall–Kier alpha value is -1.30. The van der Waals surface area contributed by atoms with Gasteiger partial charge in [0.2, 0.25) is 0 Å². The van der Waals surface area contributed by atoms with E-state index in [1.165, 1.54) is 0 Å². The van der Waals surface area contributed by atoms with E-state index >= 15 is 0 Å². The van der Waals surface area contributed by atoms with Crippen molar-refractivity contribution >= 4 is 28.5 Å². The van der Waals surface area contributed by atoms with E-state index in [2.05, 4.69) is 27.9 Å². The second-order valence-corrected chi connectivity index (χ2v) is 5.05. The minimum atomic E-state index is -0.0393. The number of hydrogen-bond donors (Lipinski definition) is 1. The number of nitrogens with one attached hydrogen (secondary N) is 1. The molecule has 0 unspecified atom stereocenters. The molecule has 0 radical (unpaired) electrons. The standard InChI is InChI=1S/C13H13IN2O/c1-16-8-2-3-12(16)9-15-13(17)10-4-6-11(14)7-5-10/h2-8H,9H2,1H3,(H,15,17). The Labute approximate surface area is 114 Å². The van der Waals surface area contributed by atoms with Crippen molar-refractivity contribution < 1.29 is 4.79 Å². The Kier molecular flexibility index (Phi) is 3.83. The lowest BCUT2D eigenvalue weighted by atomic mass is 10.2. The maximum Gasteiger partial charge on any atom is 0.251 e. The van der Waals surface area contributed by atoms with Crippen molar-refractivity contribution in [2.45, 2.75) is 6.54 Å². The average Bonchev–Trinajstić information content (AvgIpc) is 2.73. The molecular formula is C13H13IN2O. The molecule has 2 rings (SSSR count). The Balaban J connectivity index is 1.98. The number of amides is 1. The zero-order valence-corrected chi connectivity index (χ0v) is 11.6. The summed E-state index contributed by atoms with van der Waals surface area (Å²) in [5.74, 6) is -0.0393. The van der Waals surface area contributed by atoms with Gasteiger partial charge in [0.15, 0.2) is 0 Å². The van der Waals surface area contributed by atoms with E-state index in [4.69, 9.17) is 0 Å². The van der Waals surface area contributed by atoms with Crippen molar-refractivity contribution in [3.05, 3.63) is 57.4 Å². The van der Waals surface area contributed by atoms with Gasteiger partial charge in [-0.05, 0) is 59.0 Å². The normalized spacial score (nSPS) is 10.2. The summed E-state index contributed by atoms with van der Waals surface area (Å²) >= 11 is 2.22. The smallest absolute Gasteiger partial charge is 0.251 e. The molecule has 0 spiro atoms. The molecule has 0 saturated carbocycles. The SMILES string of the molecule is Cn1cccc1CNC(=O)c1ccc(I)cc1. The van der Waals surface area contributed by atoms with Crippen molar-refractivity contribution in [1.82, 2.24) is 9.88 Å². The van der Waals surface area contributed by atoms with Gasteiger partial charge in [-0.3, -0.25) is 4.79 Å². The fourth-order valence-electron chi connectivity index (χ4n) is 1.55. The molecule has 0 aliphatic rings. The molecule has 0 bridgehead atoms. The summed E-state index contributed by atoms with van der Waals surface area (Å²) in [6, 6.07) is 11.5. The van der Waals surface area contributed by atoms with Crippen LogP contribution in [0.1, 0.15) is 16.1 Å². The largest absolute Gasteiger partial charge is 0.353 e. The van der Waals surface area contributed by atoms with Crippen molar-refractivity contribution in [3.63, 3.8) is 0 Å². The number of nitrogens with zero attached hydrogens (tertiary/aromatic N) is 1. The number of carbonyl (C=O) groups excluding carboxylic acids is 1.